The van der Waals surface area contributed by atoms with Crippen LogP contribution in [-0.2, 0) is 4.99 Å². The monoisotopic (exact) mass is 552 g/mol. The van der Waals surface area contributed by atoms with E-state index in [4.69, 9.17) is 10.2 Å². The average Bonchev–Trinajstić information content (AvgIpc) is 3.33. The highest BCUT2D eigenvalue weighted by Crippen LogP contribution is 2.54. The van der Waals surface area contributed by atoms with E-state index in [2.05, 4.69) is 28.1 Å². The van der Waals surface area contributed by atoms with Crippen LogP contribution in [-0.4, -0.2) is 16.5 Å². The third-order valence-electron chi connectivity index (χ3n) is 6.22. The summed E-state index contributed by atoms with van der Waals surface area (Å²) in [7, 11) is 0. The van der Waals surface area contributed by atoms with Gasteiger partial charge in [0, 0.05) is 21.2 Å². The lowest BCUT2D eigenvalue weighted by Crippen LogP contribution is -2.53. The molecule has 0 aromatic heterocycles. The van der Waals surface area contributed by atoms with E-state index in [1.54, 1.807) is 0 Å². The van der Waals surface area contributed by atoms with Crippen LogP contribution in [0.5, 0.6) is 0 Å². The van der Waals surface area contributed by atoms with Crippen LogP contribution in [0.4, 0.5) is 11.4 Å². The van der Waals surface area contributed by atoms with Crippen molar-refractivity contribution in [1.82, 2.24) is 0 Å². The number of fused-ring (bicyclic) bond motifs is 2. The number of benzene rings is 4. The number of nitrogens with zero attached hydrogens (tertiary/aromatic N) is 4. The van der Waals surface area contributed by atoms with Gasteiger partial charge in [0.1, 0.15) is 0 Å². The summed E-state index contributed by atoms with van der Waals surface area (Å²) in [4.78, 5) is 12.7. The van der Waals surface area contributed by atoms with Crippen molar-refractivity contribution in [2.45, 2.75) is 11.9 Å². The van der Waals surface area contributed by atoms with Gasteiger partial charge in [-0.05, 0) is 55.1 Å². The molecule has 0 bridgehead atoms. The molecule has 0 amide bonds. The van der Waals surface area contributed by atoms with Crippen LogP contribution in [0, 0.1) is 0 Å². The van der Waals surface area contributed by atoms with E-state index < -0.39 is 4.99 Å². The van der Waals surface area contributed by atoms with E-state index in [0.29, 0.717) is 10.6 Å². The van der Waals surface area contributed by atoms with Gasteiger partial charge in [0.2, 0.25) is 10.8 Å². The van der Waals surface area contributed by atoms with Gasteiger partial charge >= 0.3 is 0 Å². The molecule has 5 nitrogen and oxygen atoms in total. The van der Waals surface area contributed by atoms with Crippen molar-refractivity contribution in [3.05, 3.63) is 130 Å². The smallest absolute Gasteiger partial charge is 0.234 e. The number of Topliss-reactive ketones (excluding diaryl/α,β-unsaturated/α-hetero) is 1. The number of anilines is 2. The number of hydrogen-bond acceptors (Lipinski definition) is 6. The molecule has 1 spiro atoms. The van der Waals surface area contributed by atoms with Crippen molar-refractivity contribution in [3.8, 4) is 0 Å². The fourth-order valence-corrected chi connectivity index (χ4v) is 6.17. The molecule has 36 heavy (non-hydrogen) atoms. The van der Waals surface area contributed by atoms with Crippen molar-refractivity contribution in [2.75, 3.05) is 10.0 Å². The molecule has 1 atom stereocenters. The summed E-state index contributed by atoms with van der Waals surface area (Å²) in [5, 5.41) is 14.4. The number of para-hydroxylation sites is 1. The third kappa shape index (κ3) is 3.67. The van der Waals surface area contributed by atoms with Gasteiger partial charge in [0.05, 0.1) is 17.1 Å². The summed E-state index contributed by atoms with van der Waals surface area (Å²) in [6.07, 6.45) is 0. The number of carbonyl (C=O) groups is 1. The molecular weight excluding hydrogens is 532 g/mol. The van der Waals surface area contributed by atoms with Gasteiger partial charge in [-0.1, -0.05) is 88.7 Å². The van der Waals surface area contributed by atoms with E-state index in [1.807, 2.05) is 114 Å². The Bertz CT molecular complexity index is 1510. The highest BCUT2D eigenvalue weighted by Gasteiger charge is 2.55. The van der Waals surface area contributed by atoms with Crippen molar-refractivity contribution in [2.24, 2.45) is 10.2 Å². The maximum Gasteiger partial charge on any atom is 0.234 e. The Hall–Kier alpha value is -3.68. The molecule has 0 fully saturated rings. The van der Waals surface area contributed by atoms with Gasteiger partial charge < -0.3 is 0 Å². The lowest BCUT2D eigenvalue weighted by atomic mass is 9.98. The van der Waals surface area contributed by atoms with Crippen molar-refractivity contribution >= 4 is 55.6 Å². The van der Waals surface area contributed by atoms with Crippen molar-refractivity contribution < 1.29 is 4.79 Å². The maximum absolute atomic E-state index is 13.7. The van der Waals surface area contributed by atoms with E-state index in [-0.39, 0.29) is 5.78 Å². The first-order valence-corrected chi connectivity index (χ1v) is 13.1. The van der Waals surface area contributed by atoms with Gasteiger partial charge in [0.15, 0.2) is 5.04 Å². The molecule has 0 unspecified atom stereocenters. The molecule has 6 rings (SSSR count). The normalized spacial score (nSPS) is 18.6. The molecule has 2 aliphatic heterocycles. The minimum absolute atomic E-state index is 0.114. The fraction of sp³-hybridized carbons (Fsp3) is 0.0690. The van der Waals surface area contributed by atoms with E-state index >= 15 is 0 Å². The predicted molar refractivity (Wildman–Crippen MR) is 152 cm³/mol. The van der Waals surface area contributed by atoms with Gasteiger partial charge in [-0.3, -0.25) is 4.79 Å². The zero-order chi connectivity index (χ0) is 24.7. The molecule has 2 heterocycles. The molecule has 0 radical (unpaired) electrons. The highest BCUT2D eigenvalue weighted by atomic mass is 79.9. The van der Waals surface area contributed by atoms with Crippen molar-refractivity contribution in [3.63, 3.8) is 0 Å². The number of ketones is 1. The summed E-state index contributed by atoms with van der Waals surface area (Å²) in [6.45, 7) is 2.02. The van der Waals surface area contributed by atoms with Gasteiger partial charge in [-0.2, -0.15) is 10.2 Å². The minimum atomic E-state index is -0.939. The summed E-state index contributed by atoms with van der Waals surface area (Å²) in [5.74, 6) is -0.114. The number of thioether (sulfide) groups is 1. The maximum atomic E-state index is 13.7. The topological polar surface area (TPSA) is 48.3 Å². The van der Waals surface area contributed by atoms with Crippen molar-refractivity contribution in [1.29, 1.82) is 0 Å². The Morgan fingerprint density at radius 3 is 2.06 bits per heavy atom. The SMILES string of the molecule is CC1=NN(c2ccccc2)[C@]2(SC(C(=O)c3ccccc3)=NN2c2ccc(Br)cc2)c2ccccc21. The molecule has 7 heteroatoms. The Morgan fingerprint density at radius 2 is 1.33 bits per heavy atom. The summed E-state index contributed by atoms with van der Waals surface area (Å²) in [6, 6.07) is 35.5. The van der Waals surface area contributed by atoms with E-state index in [1.165, 1.54) is 11.8 Å². The second-order valence-corrected chi connectivity index (χ2v) is 10.6. The molecule has 0 saturated carbocycles. The zero-order valence-corrected chi connectivity index (χ0v) is 21.8. The number of halogens is 1. The molecule has 2 aliphatic rings. The zero-order valence-electron chi connectivity index (χ0n) is 19.4. The highest BCUT2D eigenvalue weighted by molar-refractivity contribution is 9.10. The van der Waals surface area contributed by atoms with Crippen LogP contribution in [0.15, 0.2) is 124 Å². The molecule has 0 N–H and O–H groups in total. The fourth-order valence-electron chi connectivity index (χ4n) is 4.55. The molecule has 0 saturated heterocycles. The largest absolute Gasteiger partial charge is 0.286 e. The summed E-state index contributed by atoms with van der Waals surface area (Å²) in [5.41, 5.74) is 5.32. The summed E-state index contributed by atoms with van der Waals surface area (Å²) < 4.78 is 0.967. The van der Waals surface area contributed by atoms with Gasteiger partial charge in [-0.25, -0.2) is 10.0 Å². The molecule has 176 valence electrons. The van der Waals surface area contributed by atoms with Crippen LogP contribution >= 0.6 is 27.7 Å². The first-order valence-electron chi connectivity index (χ1n) is 11.5. The molecule has 4 aromatic carbocycles. The Balaban J connectivity index is 1.60. The van der Waals surface area contributed by atoms with Gasteiger partial charge in [0.25, 0.3) is 0 Å². The quantitative estimate of drug-likeness (QED) is 0.250. The van der Waals surface area contributed by atoms with E-state index in [0.717, 1.165) is 32.7 Å². The first kappa shape index (κ1) is 22.8. The van der Waals surface area contributed by atoms with Crippen LogP contribution in [0.25, 0.3) is 0 Å². The van der Waals surface area contributed by atoms with Crippen LogP contribution in [0.2, 0.25) is 0 Å². The minimum Gasteiger partial charge on any atom is -0.286 e. The number of carbonyl (C=O) groups excluding carboxylic acids is 1. The van der Waals surface area contributed by atoms with Gasteiger partial charge in [-0.15, -0.1) is 0 Å². The average molecular weight is 553 g/mol. The van der Waals surface area contributed by atoms with E-state index in [9.17, 15) is 4.79 Å². The van der Waals surface area contributed by atoms with Crippen LogP contribution < -0.4 is 10.0 Å². The standard InChI is InChI=1S/C29H21BrN4OS/c1-20-25-14-8-9-15-26(25)29(33(31-20)23-12-6-3-7-13-23)34(24-18-16-22(30)17-19-24)32-28(36-29)27(35)21-10-4-2-5-11-21/h2-19H,1H3/t29-/m1/s1. The third-order valence-corrected chi connectivity index (χ3v) is 8.06. The first-order chi connectivity index (χ1) is 17.6. The Kier molecular flexibility index (Phi) is 5.74. The number of rotatable bonds is 4. The van der Waals surface area contributed by atoms with Crippen LogP contribution in [0.3, 0.4) is 0 Å². The predicted octanol–water partition coefficient (Wildman–Crippen LogP) is 7.25. The molecular formula is C29H21BrN4OS. The Morgan fingerprint density at radius 1 is 0.750 bits per heavy atom. The Labute approximate surface area is 222 Å². The second-order valence-electron chi connectivity index (χ2n) is 8.48. The molecule has 0 aliphatic carbocycles. The number of hydrazone groups is 2. The number of hydrogen-bond donors (Lipinski definition) is 0. The lowest BCUT2D eigenvalue weighted by molar-refractivity contribution is 0.106. The second kappa shape index (κ2) is 9.08. The summed E-state index contributed by atoms with van der Waals surface area (Å²) >= 11 is 4.97. The lowest BCUT2D eigenvalue weighted by Gasteiger charge is -2.46. The van der Waals surface area contributed by atoms with Crippen LogP contribution in [0.1, 0.15) is 28.4 Å². The molecule has 4 aromatic rings.